The molecule has 0 aliphatic heterocycles. The van der Waals surface area contributed by atoms with E-state index in [-0.39, 0.29) is 27.1 Å². The number of allylic oxidation sites excluding steroid dienone is 9. The minimum absolute atomic E-state index is 0.00601. The number of fused-ring (bicyclic) bond motifs is 17. The van der Waals surface area contributed by atoms with Crippen LogP contribution in [0.4, 0.5) is 0 Å². The van der Waals surface area contributed by atoms with Crippen LogP contribution in [0.15, 0.2) is 139 Å². The van der Waals surface area contributed by atoms with Crippen LogP contribution in [-0.2, 0) is 16.2 Å². The summed E-state index contributed by atoms with van der Waals surface area (Å²) in [5, 5.41) is 3.06. The molecule has 7 aliphatic carbocycles. The van der Waals surface area contributed by atoms with E-state index >= 15 is 0 Å². The Hall–Kier alpha value is -5.51. The fourth-order valence-electron chi connectivity index (χ4n) is 23.2. The first kappa shape index (κ1) is 82.5. The SMILES string of the molecule is CCCCC(CC)CC1(CC(CC)CCCC)c2cc(I)ccc2-c2ccc(-c3ccc4c(c3)C(CC(C)CC)(CC(C)CC)c3cc(-c5ccc6c(c5)C(CC(C)CC)(CC(C)CC)c5c-6c6c(c7c5=CC5=CC(CC(C)CC)(CC(C)CC)C=CC=75)C=C5C=CC(CC(C)CC)(CC(C)CC)C=C56)ccc3-4)cc21. The second-order valence-corrected chi connectivity index (χ2v) is 40.0. The van der Waals surface area contributed by atoms with Crippen molar-refractivity contribution in [3.63, 3.8) is 0 Å². The molecule has 1 heteroatoms. The molecule has 110 heavy (non-hydrogen) atoms. The van der Waals surface area contributed by atoms with Crippen molar-refractivity contribution in [3.8, 4) is 55.6 Å². The van der Waals surface area contributed by atoms with Gasteiger partial charge >= 0.3 is 0 Å². The number of rotatable bonds is 38. The van der Waals surface area contributed by atoms with Crippen molar-refractivity contribution in [2.24, 2.45) is 70.0 Å². The molecule has 0 saturated carbocycles. The molecular formula is C109H145I. The quantitative estimate of drug-likeness (QED) is 0.0339. The summed E-state index contributed by atoms with van der Waals surface area (Å²) in [6, 6.07) is 39.4. The predicted octanol–water partition coefficient (Wildman–Crippen LogP) is 31.9. The van der Waals surface area contributed by atoms with E-state index in [1.165, 1.54) is 220 Å². The molecule has 0 fully saturated rings. The monoisotopic (exact) mass is 1580 g/mol. The van der Waals surface area contributed by atoms with Gasteiger partial charge in [0.05, 0.1) is 0 Å². The zero-order valence-corrected chi connectivity index (χ0v) is 75.0. The molecule has 0 spiro atoms. The lowest BCUT2D eigenvalue weighted by Gasteiger charge is -2.39. The standard InChI is InChI=1S/C109H145I/c1-21-33-35-78(31-11)66-108(67-79(32-12)36-34-22-2)98-55-82(39-44-90(98)91-46-41-86(110)57-100(91)108)80-37-42-88-89-43-38-81(54-97(89)107(96(88)53-80,62-74(17)27-7)63-75(18)28-8)83-40-45-92-99(56-83)109(64-76(19)29-9,65-77(20)30-10)104-94-52-85-68-105(58-70(13)23-3,59-71(14)24-4)50-48-87(85)101(94)93-51-84-47-49-106(60-72(15)25-5,61-73(16)26-6)69-95(84)102(93)103(92)104/h37-57,68-79H,21-36,58-67H2,1-20H3. The second kappa shape index (κ2) is 34.1. The third kappa shape index (κ3) is 15.2. The summed E-state index contributed by atoms with van der Waals surface area (Å²) in [7, 11) is 0. The minimum Gasteiger partial charge on any atom is -0.0739 e. The molecular weight excluding hydrogens is 1440 g/mol. The predicted molar refractivity (Wildman–Crippen MR) is 491 cm³/mol. The fourth-order valence-corrected chi connectivity index (χ4v) is 23.7. The lowest BCUT2D eigenvalue weighted by Crippen LogP contribution is -2.40. The summed E-state index contributed by atoms with van der Waals surface area (Å²) in [5.41, 5.74) is 32.7. The Labute approximate surface area is 685 Å². The van der Waals surface area contributed by atoms with Gasteiger partial charge in [-0.2, -0.15) is 0 Å². The maximum Gasteiger partial charge on any atom is 0.0226 e. The highest BCUT2D eigenvalue weighted by Gasteiger charge is 2.52. The Kier molecular flexibility index (Phi) is 25.6. The van der Waals surface area contributed by atoms with Gasteiger partial charge in [-0.05, 0) is 327 Å². The summed E-state index contributed by atoms with van der Waals surface area (Å²) in [5.74, 6) is 6.09. The second-order valence-electron chi connectivity index (χ2n) is 38.7. The van der Waals surface area contributed by atoms with Crippen molar-refractivity contribution < 1.29 is 0 Å². The van der Waals surface area contributed by atoms with E-state index in [0.29, 0.717) is 59.2 Å². The van der Waals surface area contributed by atoms with E-state index in [1.807, 2.05) is 0 Å². The highest BCUT2D eigenvalue weighted by molar-refractivity contribution is 14.1. The Bertz CT molecular complexity index is 4560. The van der Waals surface area contributed by atoms with Crippen molar-refractivity contribution in [2.45, 2.75) is 322 Å². The molecule has 0 amide bonds. The molecule has 0 bridgehead atoms. The lowest BCUT2D eigenvalue weighted by molar-refractivity contribution is 0.266. The van der Waals surface area contributed by atoms with Gasteiger partial charge in [-0.1, -0.05) is 332 Å². The van der Waals surface area contributed by atoms with Crippen molar-refractivity contribution in [1.29, 1.82) is 0 Å². The third-order valence-electron chi connectivity index (χ3n) is 30.7. The number of halogens is 1. The van der Waals surface area contributed by atoms with Crippen LogP contribution in [0.3, 0.4) is 0 Å². The molecule has 0 saturated heterocycles. The topological polar surface area (TPSA) is 0 Å². The summed E-state index contributed by atoms with van der Waals surface area (Å²) in [6.45, 7) is 49.7. The summed E-state index contributed by atoms with van der Waals surface area (Å²) >= 11 is 2.63. The van der Waals surface area contributed by atoms with Crippen molar-refractivity contribution in [3.05, 3.63) is 197 Å². The smallest absolute Gasteiger partial charge is 0.0226 e. The number of benzene rings is 6. The highest BCUT2D eigenvalue weighted by Crippen LogP contribution is 2.64. The zero-order valence-electron chi connectivity index (χ0n) is 72.8. The molecule has 7 aliphatic rings. The van der Waals surface area contributed by atoms with Crippen LogP contribution in [0, 0.1) is 73.6 Å². The molecule has 13 rings (SSSR count). The first-order valence-electron chi connectivity index (χ1n) is 45.9. The fraction of sp³-hybridized carbons (Fsp3) is 0.560. The summed E-state index contributed by atoms with van der Waals surface area (Å²) in [6.07, 6.45) is 53.4. The summed E-state index contributed by atoms with van der Waals surface area (Å²) in [4.78, 5) is 0. The third-order valence-corrected chi connectivity index (χ3v) is 31.3. The Morgan fingerprint density at radius 1 is 0.336 bits per heavy atom. The van der Waals surface area contributed by atoms with Crippen LogP contribution in [0.1, 0.15) is 350 Å². The average Bonchev–Trinajstić information content (AvgIpc) is 1.51. The van der Waals surface area contributed by atoms with E-state index in [0.717, 1.165) is 38.5 Å². The van der Waals surface area contributed by atoms with Crippen LogP contribution in [-0.4, -0.2) is 0 Å². The molecule has 0 heterocycles. The van der Waals surface area contributed by atoms with Gasteiger partial charge in [0.25, 0.3) is 0 Å². The van der Waals surface area contributed by atoms with Crippen LogP contribution in [0.25, 0.3) is 78.9 Å². The first-order chi connectivity index (χ1) is 52.9. The molecule has 10 unspecified atom stereocenters. The van der Waals surface area contributed by atoms with Crippen LogP contribution >= 0.6 is 22.6 Å². The van der Waals surface area contributed by atoms with Crippen LogP contribution in [0.5, 0.6) is 0 Å². The molecule has 0 aromatic heterocycles. The molecule has 6 aromatic rings. The molecule has 588 valence electrons. The van der Waals surface area contributed by atoms with Gasteiger partial charge in [0.15, 0.2) is 0 Å². The Morgan fingerprint density at radius 3 is 1.12 bits per heavy atom. The van der Waals surface area contributed by atoms with Crippen molar-refractivity contribution >= 4 is 45.9 Å². The van der Waals surface area contributed by atoms with E-state index < -0.39 is 0 Å². The molecule has 10 atom stereocenters. The first-order valence-corrected chi connectivity index (χ1v) is 47.0. The number of unbranched alkanes of at least 4 members (excludes halogenated alkanes) is 2. The van der Waals surface area contributed by atoms with Crippen LogP contribution in [0.2, 0.25) is 0 Å². The minimum atomic E-state index is -0.208. The van der Waals surface area contributed by atoms with Gasteiger partial charge in [0.2, 0.25) is 0 Å². The normalized spacial score (nSPS) is 24.0. The van der Waals surface area contributed by atoms with E-state index in [4.69, 9.17) is 0 Å². The van der Waals surface area contributed by atoms with Gasteiger partial charge in [-0.25, -0.2) is 0 Å². The highest BCUT2D eigenvalue weighted by atomic mass is 127. The molecule has 6 aromatic carbocycles. The van der Waals surface area contributed by atoms with Gasteiger partial charge in [-0.3, -0.25) is 0 Å². The number of hydrogen-bond donors (Lipinski definition) is 0. The maximum absolute atomic E-state index is 2.87. The van der Waals surface area contributed by atoms with Gasteiger partial charge < -0.3 is 0 Å². The Morgan fingerprint density at radius 2 is 0.700 bits per heavy atom. The van der Waals surface area contributed by atoms with E-state index in [1.54, 1.807) is 44.5 Å². The van der Waals surface area contributed by atoms with Gasteiger partial charge in [0.1, 0.15) is 0 Å². The van der Waals surface area contributed by atoms with Crippen molar-refractivity contribution in [1.82, 2.24) is 0 Å². The van der Waals surface area contributed by atoms with Gasteiger partial charge in [0, 0.05) is 30.6 Å². The van der Waals surface area contributed by atoms with Crippen molar-refractivity contribution in [2.75, 3.05) is 0 Å². The van der Waals surface area contributed by atoms with Gasteiger partial charge in [-0.15, -0.1) is 0 Å². The lowest BCUT2D eigenvalue weighted by atomic mass is 9.65. The Balaban J connectivity index is 1.02. The average molecular weight is 1580 g/mol. The molecule has 0 nitrogen and oxygen atoms in total. The number of hydrogen-bond acceptors (Lipinski definition) is 0. The van der Waals surface area contributed by atoms with E-state index in [2.05, 4.69) is 301 Å². The maximum atomic E-state index is 2.87. The van der Waals surface area contributed by atoms with E-state index in [9.17, 15) is 0 Å². The van der Waals surface area contributed by atoms with Crippen LogP contribution < -0.4 is 10.4 Å². The summed E-state index contributed by atoms with van der Waals surface area (Å²) < 4.78 is 1.37. The molecule has 0 radical (unpaired) electrons. The zero-order chi connectivity index (χ0) is 78.4. The molecule has 0 N–H and O–H groups in total. The largest absolute Gasteiger partial charge is 0.0739 e.